The Bertz CT molecular complexity index is 523. The van der Waals surface area contributed by atoms with Crippen LogP contribution in [0.5, 0.6) is 0 Å². The summed E-state index contributed by atoms with van der Waals surface area (Å²) in [4.78, 5) is 2.24. The maximum Gasteiger partial charge on any atom is 0.127 e. The van der Waals surface area contributed by atoms with Gasteiger partial charge in [0.1, 0.15) is 5.82 Å². The van der Waals surface area contributed by atoms with Gasteiger partial charge in [-0.1, -0.05) is 39.0 Å². The number of allylic oxidation sites excluding steroid dienone is 1. The zero-order valence-corrected chi connectivity index (χ0v) is 15.2. The standard InChI is InChI=1S/C21H32FN/c1-6-7-18-12-20(18)16(4)10-11-23(5)14-19-9-8-17(15(2)3)13-21(19)22/h6,8-9,13,15-16,18,20H,1,7,10-12,14H2,2-5H3. The first-order chi connectivity index (χ1) is 10.9. The van der Waals surface area contributed by atoms with E-state index in [1.54, 1.807) is 6.07 Å². The molecule has 1 aliphatic carbocycles. The Labute approximate surface area is 141 Å². The molecule has 2 rings (SSSR count). The fourth-order valence-electron chi connectivity index (χ4n) is 3.51. The van der Waals surface area contributed by atoms with Crippen LogP contribution in [0.3, 0.4) is 0 Å². The van der Waals surface area contributed by atoms with Crippen LogP contribution in [-0.4, -0.2) is 18.5 Å². The van der Waals surface area contributed by atoms with Crippen LogP contribution in [0.1, 0.15) is 57.1 Å². The minimum Gasteiger partial charge on any atom is -0.302 e. The molecular formula is C21H32FN. The fourth-order valence-corrected chi connectivity index (χ4v) is 3.51. The minimum absolute atomic E-state index is 0.0654. The third-order valence-corrected chi connectivity index (χ3v) is 5.33. The summed E-state index contributed by atoms with van der Waals surface area (Å²) in [5, 5.41) is 0. The van der Waals surface area contributed by atoms with E-state index in [2.05, 4.69) is 45.4 Å². The Morgan fingerprint density at radius 3 is 2.70 bits per heavy atom. The van der Waals surface area contributed by atoms with Gasteiger partial charge < -0.3 is 4.90 Å². The predicted molar refractivity (Wildman–Crippen MR) is 97.0 cm³/mol. The predicted octanol–water partition coefficient (Wildman–Crippen LogP) is 5.62. The second kappa shape index (κ2) is 8.10. The number of benzene rings is 1. The van der Waals surface area contributed by atoms with Crippen LogP contribution in [0.25, 0.3) is 0 Å². The molecule has 1 aromatic carbocycles. The van der Waals surface area contributed by atoms with Gasteiger partial charge in [0, 0.05) is 12.1 Å². The van der Waals surface area contributed by atoms with E-state index in [4.69, 9.17) is 0 Å². The summed E-state index contributed by atoms with van der Waals surface area (Å²) in [5.41, 5.74) is 1.88. The highest BCUT2D eigenvalue weighted by Crippen LogP contribution is 2.47. The molecule has 1 saturated carbocycles. The summed E-state index contributed by atoms with van der Waals surface area (Å²) in [6.07, 6.45) is 5.77. The lowest BCUT2D eigenvalue weighted by Crippen LogP contribution is -2.22. The van der Waals surface area contributed by atoms with Crippen LogP contribution in [0.15, 0.2) is 30.9 Å². The normalized spacial score (nSPS) is 21.7. The number of nitrogens with zero attached hydrogens (tertiary/aromatic N) is 1. The number of halogens is 1. The molecule has 1 aliphatic rings. The molecular weight excluding hydrogens is 285 g/mol. The molecule has 3 unspecified atom stereocenters. The first-order valence-corrected chi connectivity index (χ1v) is 9.00. The first-order valence-electron chi connectivity index (χ1n) is 9.00. The number of hydrogen-bond donors (Lipinski definition) is 0. The highest BCUT2D eigenvalue weighted by Gasteiger charge is 2.39. The van der Waals surface area contributed by atoms with Gasteiger partial charge in [0.15, 0.2) is 0 Å². The molecule has 128 valence electrons. The molecule has 0 heterocycles. The molecule has 0 radical (unpaired) electrons. The van der Waals surface area contributed by atoms with Crippen LogP contribution in [0.2, 0.25) is 0 Å². The molecule has 0 bridgehead atoms. The molecule has 3 atom stereocenters. The third kappa shape index (κ3) is 5.17. The van der Waals surface area contributed by atoms with Gasteiger partial charge in [-0.2, -0.15) is 0 Å². The summed E-state index contributed by atoms with van der Waals surface area (Å²) in [7, 11) is 2.09. The maximum absolute atomic E-state index is 14.2. The summed E-state index contributed by atoms with van der Waals surface area (Å²) < 4.78 is 14.2. The van der Waals surface area contributed by atoms with E-state index in [1.807, 2.05) is 12.1 Å². The van der Waals surface area contributed by atoms with E-state index in [0.717, 1.165) is 41.8 Å². The molecule has 1 aromatic rings. The maximum atomic E-state index is 14.2. The van der Waals surface area contributed by atoms with Crippen molar-refractivity contribution in [1.29, 1.82) is 0 Å². The second-order valence-corrected chi connectivity index (χ2v) is 7.69. The topological polar surface area (TPSA) is 3.24 Å². The fraction of sp³-hybridized carbons (Fsp3) is 0.619. The second-order valence-electron chi connectivity index (χ2n) is 7.69. The molecule has 0 amide bonds. The van der Waals surface area contributed by atoms with Crippen molar-refractivity contribution in [2.75, 3.05) is 13.6 Å². The highest BCUT2D eigenvalue weighted by molar-refractivity contribution is 5.26. The van der Waals surface area contributed by atoms with Crippen molar-refractivity contribution in [1.82, 2.24) is 4.90 Å². The van der Waals surface area contributed by atoms with Gasteiger partial charge in [0.2, 0.25) is 0 Å². The van der Waals surface area contributed by atoms with Crippen LogP contribution in [0.4, 0.5) is 4.39 Å². The van der Waals surface area contributed by atoms with Crippen molar-refractivity contribution < 1.29 is 4.39 Å². The van der Waals surface area contributed by atoms with E-state index in [-0.39, 0.29) is 5.82 Å². The van der Waals surface area contributed by atoms with Gasteiger partial charge in [-0.05, 0) is 68.2 Å². The highest BCUT2D eigenvalue weighted by atomic mass is 19.1. The molecule has 0 saturated heterocycles. The van der Waals surface area contributed by atoms with Crippen LogP contribution in [0, 0.1) is 23.6 Å². The molecule has 0 N–H and O–H groups in total. The van der Waals surface area contributed by atoms with Gasteiger partial charge in [0.05, 0.1) is 0 Å². The van der Waals surface area contributed by atoms with Crippen molar-refractivity contribution in [3.8, 4) is 0 Å². The van der Waals surface area contributed by atoms with E-state index >= 15 is 0 Å². The summed E-state index contributed by atoms with van der Waals surface area (Å²) in [6, 6.07) is 5.70. The zero-order valence-electron chi connectivity index (χ0n) is 15.2. The molecule has 0 aromatic heterocycles. The van der Waals surface area contributed by atoms with E-state index in [9.17, 15) is 4.39 Å². The first kappa shape index (κ1) is 18.2. The molecule has 1 nitrogen and oxygen atoms in total. The Morgan fingerprint density at radius 2 is 2.09 bits per heavy atom. The Morgan fingerprint density at radius 1 is 1.35 bits per heavy atom. The van der Waals surface area contributed by atoms with Gasteiger partial charge in [-0.15, -0.1) is 6.58 Å². The quantitative estimate of drug-likeness (QED) is 0.534. The Hall–Kier alpha value is -1.15. The molecule has 2 heteroatoms. The summed E-state index contributed by atoms with van der Waals surface area (Å²) >= 11 is 0. The van der Waals surface area contributed by atoms with Gasteiger partial charge in [-0.3, -0.25) is 0 Å². The minimum atomic E-state index is -0.0654. The van der Waals surface area contributed by atoms with Crippen molar-refractivity contribution in [2.45, 2.75) is 52.5 Å². The third-order valence-electron chi connectivity index (χ3n) is 5.33. The molecule has 23 heavy (non-hydrogen) atoms. The average Bonchev–Trinajstić information content (AvgIpc) is 3.26. The Kier molecular flexibility index (Phi) is 6.41. The SMILES string of the molecule is C=CCC1CC1C(C)CCN(C)Cc1ccc(C(C)C)cc1F. The molecule has 0 spiro atoms. The van der Waals surface area contributed by atoms with Crippen LogP contribution < -0.4 is 0 Å². The van der Waals surface area contributed by atoms with Crippen molar-refractivity contribution in [2.24, 2.45) is 17.8 Å². The smallest absolute Gasteiger partial charge is 0.127 e. The molecule has 0 aliphatic heterocycles. The lowest BCUT2D eigenvalue weighted by molar-refractivity contribution is 0.282. The van der Waals surface area contributed by atoms with Crippen molar-refractivity contribution in [3.63, 3.8) is 0 Å². The van der Waals surface area contributed by atoms with Gasteiger partial charge in [-0.25, -0.2) is 4.39 Å². The van der Waals surface area contributed by atoms with Crippen molar-refractivity contribution >= 4 is 0 Å². The average molecular weight is 317 g/mol. The lowest BCUT2D eigenvalue weighted by atomic mass is 9.99. The summed E-state index contributed by atoms with van der Waals surface area (Å²) in [6.45, 7) is 12.1. The van der Waals surface area contributed by atoms with E-state index in [0.29, 0.717) is 12.5 Å². The van der Waals surface area contributed by atoms with Gasteiger partial charge >= 0.3 is 0 Å². The molecule has 1 fully saturated rings. The largest absolute Gasteiger partial charge is 0.302 e. The van der Waals surface area contributed by atoms with E-state index < -0.39 is 0 Å². The number of hydrogen-bond acceptors (Lipinski definition) is 1. The van der Waals surface area contributed by atoms with Crippen molar-refractivity contribution in [3.05, 3.63) is 47.8 Å². The van der Waals surface area contributed by atoms with Gasteiger partial charge in [0.25, 0.3) is 0 Å². The lowest BCUT2D eigenvalue weighted by Gasteiger charge is -2.20. The van der Waals surface area contributed by atoms with Crippen LogP contribution in [-0.2, 0) is 6.54 Å². The Balaban J connectivity index is 1.78. The van der Waals surface area contributed by atoms with Crippen LogP contribution >= 0.6 is 0 Å². The number of rotatable bonds is 9. The monoisotopic (exact) mass is 317 g/mol. The zero-order chi connectivity index (χ0) is 17.0. The summed E-state index contributed by atoms with van der Waals surface area (Å²) in [5.74, 6) is 2.82. The van der Waals surface area contributed by atoms with E-state index in [1.165, 1.54) is 12.8 Å².